The van der Waals surface area contributed by atoms with Crippen LogP contribution in [0.2, 0.25) is 0 Å². The molecule has 0 aliphatic carbocycles. The van der Waals surface area contributed by atoms with Gasteiger partial charge in [-0.25, -0.2) is 12.8 Å². The van der Waals surface area contributed by atoms with Gasteiger partial charge < -0.3 is 0 Å². The molecule has 0 fully saturated rings. The van der Waals surface area contributed by atoms with E-state index in [0.29, 0.717) is 6.07 Å². The zero-order chi connectivity index (χ0) is 12.6. The second-order valence-corrected chi connectivity index (χ2v) is 4.97. The molecular formula is C9H7F4O2S. The molecule has 2 nitrogen and oxygen atoms in total. The second-order valence-electron chi connectivity index (χ2n) is 3.19. The molecule has 89 valence electrons. The lowest BCUT2D eigenvalue weighted by atomic mass is 10.1. The molecule has 1 aromatic rings. The fourth-order valence-electron chi connectivity index (χ4n) is 1.08. The third-order valence-corrected chi connectivity index (χ3v) is 2.51. The van der Waals surface area contributed by atoms with Gasteiger partial charge >= 0.3 is 6.18 Å². The third-order valence-electron chi connectivity index (χ3n) is 1.76. The molecule has 16 heavy (non-hydrogen) atoms. The van der Waals surface area contributed by atoms with Crippen molar-refractivity contribution in [2.24, 2.45) is 0 Å². The van der Waals surface area contributed by atoms with Crippen molar-refractivity contribution >= 4 is 9.84 Å². The smallest absolute Gasteiger partial charge is 0.228 e. The summed E-state index contributed by atoms with van der Waals surface area (Å²) in [7, 11) is -3.72. The molecule has 0 aromatic heterocycles. The van der Waals surface area contributed by atoms with Gasteiger partial charge in [-0.1, -0.05) is 6.07 Å². The number of hydrogen-bond acceptors (Lipinski definition) is 2. The van der Waals surface area contributed by atoms with E-state index in [2.05, 4.69) is 6.26 Å². The lowest BCUT2D eigenvalue weighted by Gasteiger charge is -2.08. The summed E-state index contributed by atoms with van der Waals surface area (Å²) in [6.07, 6.45) is -1.89. The predicted molar refractivity (Wildman–Crippen MR) is 49.4 cm³/mol. The van der Waals surface area contributed by atoms with Crippen LogP contribution in [0, 0.1) is 12.1 Å². The first-order chi connectivity index (χ1) is 7.09. The SMILES string of the molecule is [CH2]S(=O)(=O)Cc1ccc(C(F)(F)F)cc1F. The molecule has 0 saturated heterocycles. The fraction of sp³-hybridized carbons (Fsp3) is 0.222. The van der Waals surface area contributed by atoms with E-state index >= 15 is 0 Å². The summed E-state index contributed by atoms with van der Waals surface area (Å²) in [5.41, 5.74) is -1.49. The fourth-order valence-corrected chi connectivity index (χ4v) is 1.79. The zero-order valence-corrected chi connectivity index (χ0v) is 8.70. The number of rotatable bonds is 2. The molecule has 0 spiro atoms. The molecule has 0 bridgehead atoms. The van der Waals surface area contributed by atoms with E-state index < -0.39 is 33.1 Å². The minimum Gasteiger partial charge on any atom is -0.228 e. The minimum absolute atomic E-state index is 0.264. The summed E-state index contributed by atoms with van der Waals surface area (Å²) < 4.78 is 71.0. The van der Waals surface area contributed by atoms with Crippen LogP contribution in [0.25, 0.3) is 0 Å². The molecule has 0 aliphatic heterocycles. The average Bonchev–Trinajstić information content (AvgIpc) is 2.04. The minimum atomic E-state index is -4.65. The molecule has 1 radical (unpaired) electrons. The first-order valence-electron chi connectivity index (χ1n) is 4.01. The van der Waals surface area contributed by atoms with Gasteiger partial charge in [0.05, 0.1) is 17.6 Å². The Morgan fingerprint density at radius 3 is 2.19 bits per heavy atom. The summed E-state index contributed by atoms with van der Waals surface area (Å²) >= 11 is 0. The van der Waals surface area contributed by atoms with Crippen molar-refractivity contribution in [1.29, 1.82) is 0 Å². The van der Waals surface area contributed by atoms with Crippen molar-refractivity contribution in [3.05, 3.63) is 41.4 Å². The summed E-state index contributed by atoms with van der Waals surface area (Å²) in [4.78, 5) is 0. The van der Waals surface area contributed by atoms with Gasteiger partial charge in [-0.3, -0.25) is 0 Å². The zero-order valence-electron chi connectivity index (χ0n) is 7.88. The van der Waals surface area contributed by atoms with Gasteiger partial charge in [0.1, 0.15) is 5.82 Å². The van der Waals surface area contributed by atoms with Crippen LogP contribution in [0.4, 0.5) is 17.6 Å². The molecule has 1 aromatic carbocycles. The molecular weight excluding hydrogens is 248 g/mol. The maximum Gasteiger partial charge on any atom is 0.416 e. The Hall–Kier alpha value is -1.11. The Morgan fingerprint density at radius 1 is 1.25 bits per heavy atom. The summed E-state index contributed by atoms with van der Waals surface area (Å²) in [6, 6.07) is 1.69. The van der Waals surface area contributed by atoms with Crippen LogP contribution in [-0.2, 0) is 21.8 Å². The average molecular weight is 255 g/mol. The highest BCUT2D eigenvalue weighted by Crippen LogP contribution is 2.30. The molecule has 7 heteroatoms. The standard InChI is InChI=1S/C9H7F4O2S/c1-16(14,15)5-6-2-3-7(4-8(6)10)9(11,12)13/h2-4H,1,5H2. The van der Waals surface area contributed by atoms with Gasteiger partial charge in [0, 0.05) is 5.56 Å². The van der Waals surface area contributed by atoms with Crippen LogP contribution in [-0.4, -0.2) is 8.42 Å². The summed E-state index contributed by atoms with van der Waals surface area (Å²) in [5.74, 6) is -1.93. The van der Waals surface area contributed by atoms with Crippen molar-refractivity contribution in [2.45, 2.75) is 11.9 Å². The number of hydrogen-bond donors (Lipinski definition) is 0. The Balaban J connectivity index is 3.11. The third kappa shape index (κ3) is 3.48. The van der Waals surface area contributed by atoms with E-state index in [-0.39, 0.29) is 11.6 Å². The van der Waals surface area contributed by atoms with E-state index in [1.165, 1.54) is 0 Å². The van der Waals surface area contributed by atoms with Crippen LogP contribution in [0.5, 0.6) is 0 Å². The molecule has 0 amide bonds. The van der Waals surface area contributed by atoms with Gasteiger partial charge in [-0.15, -0.1) is 0 Å². The Kier molecular flexibility index (Phi) is 3.27. The van der Waals surface area contributed by atoms with Gasteiger partial charge in [-0.2, -0.15) is 13.2 Å². The van der Waals surface area contributed by atoms with E-state index in [1.807, 2.05) is 0 Å². The van der Waals surface area contributed by atoms with Crippen LogP contribution in [0.1, 0.15) is 11.1 Å². The van der Waals surface area contributed by atoms with Gasteiger partial charge in [0.2, 0.25) is 0 Å². The van der Waals surface area contributed by atoms with Crippen LogP contribution < -0.4 is 0 Å². The number of halogens is 4. The number of benzene rings is 1. The van der Waals surface area contributed by atoms with E-state index in [0.717, 1.165) is 6.07 Å². The number of sulfone groups is 1. The van der Waals surface area contributed by atoms with Gasteiger partial charge in [0.25, 0.3) is 0 Å². The van der Waals surface area contributed by atoms with Gasteiger partial charge in [-0.05, 0) is 12.1 Å². The molecule has 0 aliphatic rings. The van der Waals surface area contributed by atoms with Crippen LogP contribution in [0.3, 0.4) is 0 Å². The van der Waals surface area contributed by atoms with Crippen molar-refractivity contribution in [3.63, 3.8) is 0 Å². The predicted octanol–water partition coefficient (Wildman–Crippen LogP) is 2.55. The number of alkyl halides is 3. The maximum atomic E-state index is 13.1. The molecule has 1 rings (SSSR count). The second kappa shape index (κ2) is 4.04. The maximum absolute atomic E-state index is 13.1. The molecule has 0 heterocycles. The summed E-state index contributed by atoms with van der Waals surface area (Å²) in [5, 5.41) is 0. The summed E-state index contributed by atoms with van der Waals surface area (Å²) in [6.45, 7) is 0. The lowest BCUT2D eigenvalue weighted by Crippen LogP contribution is -2.07. The first kappa shape index (κ1) is 13.0. The van der Waals surface area contributed by atoms with Crippen molar-refractivity contribution in [3.8, 4) is 0 Å². The highest BCUT2D eigenvalue weighted by Gasteiger charge is 2.31. The molecule has 0 atom stereocenters. The van der Waals surface area contributed by atoms with Crippen LogP contribution >= 0.6 is 0 Å². The largest absolute Gasteiger partial charge is 0.416 e. The molecule has 0 unspecified atom stereocenters. The monoisotopic (exact) mass is 255 g/mol. The molecule has 0 N–H and O–H groups in total. The topological polar surface area (TPSA) is 34.1 Å². The van der Waals surface area contributed by atoms with Crippen LogP contribution in [0.15, 0.2) is 18.2 Å². The van der Waals surface area contributed by atoms with Crippen molar-refractivity contribution < 1.29 is 26.0 Å². The highest BCUT2D eigenvalue weighted by atomic mass is 32.2. The van der Waals surface area contributed by atoms with Crippen molar-refractivity contribution in [2.75, 3.05) is 0 Å². The van der Waals surface area contributed by atoms with E-state index in [9.17, 15) is 26.0 Å². The van der Waals surface area contributed by atoms with E-state index in [4.69, 9.17) is 0 Å². The normalized spacial score (nSPS) is 12.8. The lowest BCUT2D eigenvalue weighted by molar-refractivity contribution is -0.137. The van der Waals surface area contributed by atoms with Gasteiger partial charge in [0.15, 0.2) is 9.84 Å². The Morgan fingerprint density at radius 2 is 1.81 bits per heavy atom. The van der Waals surface area contributed by atoms with Crippen molar-refractivity contribution in [1.82, 2.24) is 0 Å². The van der Waals surface area contributed by atoms with E-state index in [1.54, 1.807) is 0 Å². The first-order valence-corrected chi connectivity index (χ1v) is 5.83. The highest BCUT2D eigenvalue weighted by molar-refractivity contribution is 7.91. The Labute approximate surface area is 89.8 Å². The molecule has 0 saturated carbocycles. The Bertz CT molecular complexity index is 491. The quantitative estimate of drug-likeness (QED) is 0.761.